The van der Waals surface area contributed by atoms with Crippen LogP contribution in [0.3, 0.4) is 0 Å². The van der Waals surface area contributed by atoms with Crippen LogP contribution in [0.4, 0.5) is 20.3 Å². The fourth-order valence-corrected chi connectivity index (χ4v) is 6.56. The van der Waals surface area contributed by atoms with Crippen LogP contribution in [0.15, 0.2) is 54.9 Å². The molecule has 15 heteroatoms. The number of carboxylic acid groups (broad SMARTS) is 1. The fraction of sp³-hybridized carbons (Fsp3) is 0.351. The zero-order valence-corrected chi connectivity index (χ0v) is 29.5. The number of nitrogens with one attached hydrogen (secondary N) is 2. The van der Waals surface area contributed by atoms with Crippen LogP contribution in [0.2, 0.25) is 5.02 Å². The molecule has 12 nitrogen and oxygen atoms in total. The summed E-state index contributed by atoms with van der Waals surface area (Å²) < 4.78 is 33.5. The second kappa shape index (κ2) is 16.6. The normalized spacial score (nSPS) is 14.7. The number of benzene rings is 2. The first-order valence-corrected chi connectivity index (χ1v) is 17.3. The largest absolute Gasteiger partial charge is 0.481 e. The number of carboxylic acids is 1. The third-order valence-electron chi connectivity index (χ3n) is 8.90. The molecule has 0 spiro atoms. The Bertz CT molecular complexity index is 2070. The van der Waals surface area contributed by atoms with E-state index >= 15 is 0 Å². The molecule has 0 aliphatic carbocycles. The molecule has 3 aromatic heterocycles. The maximum Gasteiger partial charge on any atom is 0.303 e. The van der Waals surface area contributed by atoms with Gasteiger partial charge in [-0.3, -0.25) is 19.7 Å². The lowest BCUT2D eigenvalue weighted by atomic mass is 9.96. The van der Waals surface area contributed by atoms with Gasteiger partial charge in [0.05, 0.1) is 35.6 Å². The highest BCUT2D eigenvalue weighted by atomic mass is 35.5. The van der Waals surface area contributed by atoms with Crippen LogP contribution in [0.5, 0.6) is 5.88 Å². The highest BCUT2D eigenvalue weighted by Crippen LogP contribution is 2.40. The van der Waals surface area contributed by atoms with Gasteiger partial charge in [-0.05, 0) is 61.6 Å². The minimum atomic E-state index is -2.89. The van der Waals surface area contributed by atoms with E-state index < -0.39 is 18.2 Å². The van der Waals surface area contributed by atoms with E-state index in [0.717, 1.165) is 35.2 Å². The topological polar surface area (TPSA) is 159 Å². The van der Waals surface area contributed by atoms with Gasteiger partial charge in [0.25, 0.3) is 6.43 Å². The molecule has 1 aliphatic rings. The van der Waals surface area contributed by atoms with Crippen molar-refractivity contribution in [3.05, 3.63) is 82.5 Å². The number of nitrogens with zero attached hydrogens (tertiary/aromatic N) is 6. The van der Waals surface area contributed by atoms with Crippen molar-refractivity contribution < 1.29 is 28.5 Å². The van der Waals surface area contributed by atoms with Crippen molar-refractivity contribution in [2.75, 3.05) is 32.1 Å². The van der Waals surface area contributed by atoms with Gasteiger partial charge in [0.1, 0.15) is 11.2 Å². The number of alkyl halides is 2. The minimum Gasteiger partial charge on any atom is -0.481 e. The summed E-state index contributed by atoms with van der Waals surface area (Å²) in [6, 6.07) is 12.9. The highest BCUT2D eigenvalue weighted by Gasteiger charge is 2.22. The molecule has 0 saturated carbocycles. The number of aliphatic hydroxyl groups is 1. The molecule has 1 saturated heterocycles. The Kier molecular flexibility index (Phi) is 11.8. The number of rotatable bonds is 15. The lowest BCUT2D eigenvalue weighted by Gasteiger charge is -2.17. The number of aromatic nitrogens is 5. The summed E-state index contributed by atoms with van der Waals surface area (Å²) >= 11 is 7.05. The Morgan fingerprint density at radius 2 is 1.87 bits per heavy atom. The first-order chi connectivity index (χ1) is 25.1. The predicted molar refractivity (Wildman–Crippen MR) is 194 cm³/mol. The molecule has 52 heavy (non-hydrogen) atoms. The first-order valence-electron chi connectivity index (χ1n) is 16.9. The summed E-state index contributed by atoms with van der Waals surface area (Å²) in [6.45, 7) is 4.74. The number of likely N-dealkylation sites (tertiary alicyclic amines) is 1. The number of anilines is 2. The van der Waals surface area contributed by atoms with E-state index in [4.69, 9.17) is 21.4 Å². The molecular weight excluding hydrogens is 694 g/mol. The smallest absolute Gasteiger partial charge is 0.303 e. The summed E-state index contributed by atoms with van der Waals surface area (Å²) in [5.74, 6) is -0.921. The number of ether oxygens (including phenoxy) is 1. The number of aliphatic carboxylic acids is 1. The van der Waals surface area contributed by atoms with Crippen LogP contribution in [0.1, 0.15) is 54.8 Å². The van der Waals surface area contributed by atoms with E-state index in [9.17, 15) is 18.7 Å². The van der Waals surface area contributed by atoms with Gasteiger partial charge in [0, 0.05) is 55.6 Å². The van der Waals surface area contributed by atoms with Crippen molar-refractivity contribution in [2.45, 2.75) is 58.2 Å². The summed E-state index contributed by atoms with van der Waals surface area (Å²) in [5, 5.41) is 25.6. The van der Waals surface area contributed by atoms with Gasteiger partial charge in [-0.25, -0.2) is 23.7 Å². The lowest BCUT2D eigenvalue weighted by Crippen LogP contribution is -2.21. The van der Waals surface area contributed by atoms with Crippen LogP contribution >= 0.6 is 11.6 Å². The van der Waals surface area contributed by atoms with Gasteiger partial charge >= 0.3 is 5.97 Å². The average Bonchev–Trinajstić information content (AvgIpc) is 3.54. The molecule has 0 bridgehead atoms. The van der Waals surface area contributed by atoms with Crippen molar-refractivity contribution in [1.82, 2.24) is 35.1 Å². The molecule has 1 atom stereocenters. The lowest BCUT2D eigenvalue weighted by molar-refractivity contribution is -0.137. The summed E-state index contributed by atoms with van der Waals surface area (Å²) in [4.78, 5) is 34.9. The number of β-amino-alcohol motifs (C(OH)–C–C–N with tert-alkyl or cyclic N) is 1. The van der Waals surface area contributed by atoms with E-state index in [1.165, 1.54) is 7.11 Å². The fourth-order valence-electron chi connectivity index (χ4n) is 6.24. The summed E-state index contributed by atoms with van der Waals surface area (Å²) in [7, 11) is 1.52. The molecule has 4 heterocycles. The zero-order chi connectivity index (χ0) is 36.8. The number of hydrogen-bond donors (Lipinski definition) is 4. The molecule has 0 radical (unpaired) electrons. The third kappa shape index (κ3) is 8.59. The number of carbonyl (C=O) groups is 1. The highest BCUT2D eigenvalue weighted by molar-refractivity contribution is 6.36. The summed E-state index contributed by atoms with van der Waals surface area (Å²) in [5.41, 5.74) is 6.16. The Morgan fingerprint density at radius 3 is 2.62 bits per heavy atom. The minimum absolute atomic E-state index is 0.131. The number of hydrogen-bond acceptors (Lipinski definition) is 11. The monoisotopic (exact) mass is 732 g/mol. The molecule has 5 aromatic rings. The average molecular weight is 733 g/mol. The molecule has 6 rings (SSSR count). The third-order valence-corrected chi connectivity index (χ3v) is 9.31. The van der Waals surface area contributed by atoms with Gasteiger partial charge in [-0.2, -0.15) is 0 Å². The molecule has 4 N–H and O–H groups in total. The Balaban J connectivity index is 1.25. The van der Waals surface area contributed by atoms with Crippen LogP contribution in [-0.4, -0.2) is 78.9 Å². The Labute approximate surface area is 304 Å². The van der Waals surface area contributed by atoms with E-state index in [2.05, 4.69) is 40.5 Å². The van der Waals surface area contributed by atoms with E-state index in [1.807, 2.05) is 43.3 Å². The molecular formula is C37H39ClF2N8O4. The zero-order valence-electron chi connectivity index (χ0n) is 28.7. The van der Waals surface area contributed by atoms with E-state index in [-0.39, 0.29) is 18.3 Å². The van der Waals surface area contributed by atoms with Gasteiger partial charge < -0.3 is 25.6 Å². The van der Waals surface area contributed by atoms with Crippen molar-refractivity contribution >= 4 is 40.1 Å². The number of methoxy groups -OCH3 is 1. The van der Waals surface area contributed by atoms with Crippen LogP contribution in [0.25, 0.3) is 33.4 Å². The van der Waals surface area contributed by atoms with Crippen LogP contribution < -0.4 is 15.4 Å². The molecule has 272 valence electrons. The van der Waals surface area contributed by atoms with Crippen LogP contribution in [0, 0.1) is 6.92 Å². The molecule has 0 amide bonds. The van der Waals surface area contributed by atoms with Crippen molar-refractivity contribution in [3.8, 4) is 28.3 Å². The number of halogens is 3. The molecule has 0 unspecified atom stereocenters. The Hall–Kier alpha value is -4.89. The van der Waals surface area contributed by atoms with Gasteiger partial charge in [-0.15, -0.1) is 0 Å². The quantitative estimate of drug-likeness (QED) is 0.0845. The van der Waals surface area contributed by atoms with Gasteiger partial charge in [0.2, 0.25) is 5.88 Å². The number of unbranched alkanes of at least 4 members (excludes halogenated alkanes) is 1. The standard InChI is InChI=1S/C37H39ClF2N8O4/c1-21-24(25-8-5-9-26(32(25)38)29-18-42-30(37(46-29)52-2)17-41-13-4-3-11-31(50)51)7-6-10-27(21)44-35-33-28(45-36(47-35)34(39)40)15-22(16-43-33)19-48-14-12-23(49)20-48/h5-10,15-16,18,23,34,41,49H,3-4,11-14,17,19-20H2,1-2H3,(H,50,51)(H,44,45,47)/t23-/m1/s1. The van der Waals surface area contributed by atoms with Crippen molar-refractivity contribution in [2.24, 2.45) is 0 Å². The predicted octanol–water partition coefficient (Wildman–Crippen LogP) is 6.71. The maximum absolute atomic E-state index is 14.0. The SMILES string of the molecule is COc1nc(-c2cccc(-c3cccc(Nc4nc(C(F)F)nc5cc(CN6CC[C@@H](O)C6)cnc45)c3C)c2Cl)cnc1CNCCCCC(=O)O. The second-order valence-corrected chi connectivity index (χ2v) is 13.0. The van der Waals surface area contributed by atoms with E-state index in [1.54, 1.807) is 18.5 Å². The van der Waals surface area contributed by atoms with Gasteiger partial charge in [0.15, 0.2) is 11.6 Å². The van der Waals surface area contributed by atoms with E-state index in [0.29, 0.717) is 83.6 Å². The maximum atomic E-state index is 14.0. The van der Waals surface area contributed by atoms with Gasteiger partial charge in [-0.1, -0.05) is 41.9 Å². The number of fused-ring (bicyclic) bond motifs is 1. The van der Waals surface area contributed by atoms with Crippen LogP contribution in [-0.2, 0) is 17.9 Å². The Morgan fingerprint density at radius 1 is 1.08 bits per heavy atom. The number of pyridine rings is 1. The molecule has 1 aliphatic heterocycles. The summed E-state index contributed by atoms with van der Waals surface area (Å²) in [6.07, 6.45) is 2.17. The second-order valence-electron chi connectivity index (χ2n) is 12.6. The van der Waals surface area contributed by atoms with Crippen molar-refractivity contribution in [3.63, 3.8) is 0 Å². The molecule has 1 fully saturated rings. The number of aliphatic hydroxyl groups excluding tert-OH is 1. The van der Waals surface area contributed by atoms with Crippen molar-refractivity contribution in [1.29, 1.82) is 0 Å². The molecule has 2 aromatic carbocycles. The first kappa shape index (κ1) is 36.9.